The second-order valence-electron chi connectivity index (χ2n) is 6.24. The van der Waals surface area contributed by atoms with E-state index in [1.165, 1.54) is 25.8 Å². The van der Waals surface area contributed by atoms with Crippen molar-refractivity contribution in [2.75, 3.05) is 25.0 Å². The lowest BCUT2D eigenvalue weighted by molar-refractivity contribution is 0.160. The molecule has 0 aliphatic carbocycles. The van der Waals surface area contributed by atoms with Gasteiger partial charge < -0.3 is 14.8 Å². The molecule has 0 bridgehead atoms. The lowest BCUT2D eigenvalue weighted by atomic mass is 10.0. The molecule has 0 aromatic carbocycles. The number of anilines is 1. The summed E-state index contributed by atoms with van der Waals surface area (Å²) in [5.41, 5.74) is -0.0289. The maximum absolute atomic E-state index is 12.2. The SMILES string of the molecule is CC1CCCCN1CCCNc1nccn(C(C)C)c1=O. The topological polar surface area (TPSA) is 50.2 Å². The summed E-state index contributed by atoms with van der Waals surface area (Å²) in [7, 11) is 0. The lowest BCUT2D eigenvalue weighted by Gasteiger charge is -2.33. The van der Waals surface area contributed by atoms with Crippen LogP contribution in [0.5, 0.6) is 0 Å². The van der Waals surface area contributed by atoms with E-state index in [2.05, 4.69) is 22.1 Å². The van der Waals surface area contributed by atoms with Crippen molar-refractivity contribution < 1.29 is 0 Å². The van der Waals surface area contributed by atoms with Crippen molar-refractivity contribution in [2.24, 2.45) is 0 Å². The smallest absolute Gasteiger partial charge is 0.293 e. The van der Waals surface area contributed by atoms with E-state index in [4.69, 9.17) is 0 Å². The molecule has 1 aromatic heterocycles. The molecule has 1 aliphatic heterocycles. The first-order valence-corrected chi connectivity index (χ1v) is 8.14. The molecule has 1 aliphatic rings. The van der Waals surface area contributed by atoms with Crippen LogP contribution in [0.3, 0.4) is 0 Å². The molecular formula is C16H28N4O. The average molecular weight is 292 g/mol. The molecule has 0 spiro atoms. The predicted octanol–water partition coefficient (Wildman–Crippen LogP) is 2.50. The van der Waals surface area contributed by atoms with Crippen LogP contribution >= 0.6 is 0 Å². The molecule has 0 amide bonds. The molecule has 2 heterocycles. The molecule has 118 valence electrons. The maximum atomic E-state index is 12.2. The number of piperidine rings is 1. The third kappa shape index (κ3) is 4.30. The third-order valence-corrected chi connectivity index (χ3v) is 4.28. The molecule has 1 aromatic rings. The zero-order valence-electron chi connectivity index (χ0n) is 13.5. The summed E-state index contributed by atoms with van der Waals surface area (Å²) in [5, 5.41) is 3.19. The van der Waals surface area contributed by atoms with Crippen LogP contribution < -0.4 is 10.9 Å². The number of nitrogens with one attached hydrogen (secondary N) is 1. The minimum absolute atomic E-state index is 0.0289. The number of rotatable bonds is 6. The Kier molecular flexibility index (Phi) is 5.79. The predicted molar refractivity (Wildman–Crippen MR) is 86.9 cm³/mol. The molecule has 1 fully saturated rings. The Hall–Kier alpha value is -1.36. The summed E-state index contributed by atoms with van der Waals surface area (Å²) in [4.78, 5) is 18.9. The Bertz CT molecular complexity index is 497. The van der Waals surface area contributed by atoms with Gasteiger partial charge in [0.2, 0.25) is 0 Å². The van der Waals surface area contributed by atoms with Crippen LogP contribution in [0.1, 0.15) is 52.5 Å². The number of hydrogen-bond donors (Lipinski definition) is 1. The molecule has 2 rings (SSSR count). The molecule has 21 heavy (non-hydrogen) atoms. The molecule has 1 N–H and O–H groups in total. The number of aromatic nitrogens is 2. The van der Waals surface area contributed by atoms with E-state index >= 15 is 0 Å². The van der Waals surface area contributed by atoms with Crippen LogP contribution in [-0.4, -0.2) is 40.1 Å². The van der Waals surface area contributed by atoms with Gasteiger partial charge in [0.05, 0.1) is 0 Å². The van der Waals surface area contributed by atoms with Crippen LogP contribution in [0.2, 0.25) is 0 Å². The van der Waals surface area contributed by atoms with E-state index < -0.39 is 0 Å². The second kappa shape index (κ2) is 7.59. The number of likely N-dealkylation sites (tertiary alicyclic amines) is 1. The Morgan fingerprint density at radius 1 is 1.43 bits per heavy atom. The van der Waals surface area contributed by atoms with Crippen LogP contribution in [0.25, 0.3) is 0 Å². The highest BCUT2D eigenvalue weighted by Gasteiger charge is 2.17. The molecular weight excluding hydrogens is 264 g/mol. The van der Waals surface area contributed by atoms with Gasteiger partial charge in [-0.3, -0.25) is 4.79 Å². The first-order chi connectivity index (χ1) is 10.1. The summed E-state index contributed by atoms with van der Waals surface area (Å²) in [6.45, 7) is 9.43. The molecule has 1 unspecified atom stereocenters. The van der Waals surface area contributed by atoms with Crippen LogP contribution in [0.15, 0.2) is 17.2 Å². The van der Waals surface area contributed by atoms with Gasteiger partial charge in [-0.2, -0.15) is 0 Å². The van der Waals surface area contributed by atoms with Gasteiger partial charge >= 0.3 is 0 Å². The minimum atomic E-state index is -0.0289. The van der Waals surface area contributed by atoms with Crippen molar-refractivity contribution in [1.29, 1.82) is 0 Å². The zero-order valence-corrected chi connectivity index (χ0v) is 13.5. The quantitative estimate of drug-likeness (QED) is 0.819. The standard InChI is InChI=1S/C16H28N4O/c1-13(2)20-12-9-18-15(16(20)21)17-8-6-11-19-10-5-4-7-14(19)3/h9,12-14H,4-8,10-11H2,1-3H3,(H,17,18). The monoisotopic (exact) mass is 292 g/mol. The largest absolute Gasteiger partial charge is 0.365 e. The summed E-state index contributed by atoms with van der Waals surface area (Å²) in [5.74, 6) is 0.470. The van der Waals surface area contributed by atoms with Gasteiger partial charge in [0, 0.05) is 37.6 Å². The Morgan fingerprint density at radius 2 is 2.24 bits per heavy atom. The first-order valence-electron chi connectivity index (χ1n) is 8.14. The number of hydrogen-bond acceptors (Lipinski definition) is 4. The normalized spacial score (nSPS) is 19.9. The summed E-state index contributed by atoms with van der Waals surface area (Å²) >= 11 is 0. The minimum Gasteiger partial charge on any atom is -0.365 e. The Labute approximate surface area is 127 Å². The molecule has 0 radical (unpaired) electrons. The van der Waals surface area contributed by atoms with Gasteiger partial charge in [0.25, 0.3) is 5.56 Å². The van der Waals surface area contributed by atoms with E-state index in [0.717, 1.165) is 19.5 Å². The summed E-state index contributed by atoms with van der Waals surface area (Å²) in [6.07, 6.45) is 8.47. The molecule has 1 saturated heterocycles. The highest BCUT2D eigenvalue weighted by Crippen LogP contribution is 2.16. The number of nitrogens with zero attached hydrogens (tertiary/aromatic N) is 3. The van der Waals surface area contributed by atoms with E-state index in [9.17, 15) is 4.79 Å². The summed E-state index contributed by atoms with van der Waals surface area (Å²) in [6, 6.07) is 0.863. The van der Waals surface area contributed by atoms with Crippen LogP contribution in [0, 0.1) is 0 Å². The second-order valence-corrected chi connectivity index (χ2v) is 6.24. The van der Waals surface area contributed by atoms with Crippen molar-refractivity contribution in [3.63, 3.8) is 0 Å². The molecule has 5 nitrogen and oxygen atoms in total. The van der Waals surface area contributed by atoms with Crippen molar-refractivity contribution in [3.8, 4) is 0 Å². The van der Waals surface area contributed by atoms with E-state index in [-0.39, 0.29) is 11.6 Å². The maximum Gasteiger partial charge on any atom is 0.293 e. The molecule has 5 heteroatoms. The zero-order chi connectivity index (χ0) is 15.2. The van der Waals surface area contributed by atoms with Gasteiger partial charge in [-0.25, -0.2) is 4.98 Å². The van der Waals surface area contributed by atoms with Crippen LogP contribution in [-0.2, 0) is 0 Å². The van der Waals surface area contributed by atoms with Crippen LogP contribution in [0.4, 0.5) is 5.82 Å². The van der Waals surface area contributed by atoms with Gasteiger partial charge in [-0.05, 0) is 46.6 Å². The van der Waals surface area contributed by atoms with Gasteiger partial charge in [-0.15, -0.1) is 0 Å². The first kappa shape index (κ1) is 16.0. The van der Waals surface area contributed by atoms with Crippen molar-refractivity contribution >= 4 is 5.82 Å². The average Bonchev–Trinajstić information content (AvgIpc) is 2.46. The Balaban J connectivity index is 1.81. The van der Waals surface area contributed by atoms with Gasteiger partial charge in [-0.1, -0.05) is 6.42 Å². The fourth-order valence-corrected chi connectivity index (χ4v) is 2.93. The third-order valence-electron chi connectivity index (χ3n) is 4.28. The van der Waals surface area contributed by atoms with Crippen molar-refractivity contribution in [1.82, 2.24) is 14.5 Å². The highest BCUT2D eigenvalue weighted by atomic mass is 16.1. The van der Waals surface area contributed by atoms with Crippen molar-refractivity contribution in [3.05, 3.63) is 22.7 Å². The molecule has 1 atom stereocenters. The fourth-order valence-electron chi connectivity index (χ4n) is 2.93. The fraction of sp³-hybridized carbons (Fsp3) is 0.750. The van der Waals surface area contributed by atoms with E-state index in [1.807, 2.05) is 13.8 Å². The Morgan fingerprint density at radius 3 is 2.95 bits per heavy atom. The molecule has 0 saturated carbocycles. The highest BCUT2D eigenvalue weighted by molar-refractivity contribution is 5.30. The van der Waals surface area contributed by atoms with E-state index in [1.54, 1.807) is 17.0 Å². The lowest BCUT2D eigenvalue weighted by Crippen LogP contribution is -2.38. The van der Waals surface area contributed by atoms with E-state index in [0.29, 0.717) is 11.9 Å². The van der Waals surface area contributed by atoms with Gasteiger partial charge in [0.1, 0.15) is 0 Å². The summed E-state index contributed by atoms with van der Waals surface area (Å²) < 4.78 is 1.71. The van der Waals surface area contributed by atoms with Gasteiger partial charge in [0.15, 0.2) is 5.82 Å². The van der Waals surface area contributed by atoms with Crippen molar-refractivity contribution in [2.45, 2.75) is 58.5 Å².